The number of nitrogens with zero attached hydrogens (tertiary/aromatic N) is 1. The zero-order chi connectivity index (χ0) is 20.1. The number of carbonyl (C=O) groups is 1. The molecule has 28 heavy (non-hydrogen) atoms. The van der Waals surface area contributed by atoms with Gasteiger partial charge in [0, 0.05) is 4.47 Å². The van der Waals surface area contributed by atoms with Gasteiger partial charge in [-0.25, -0.2) is 4.99 Å². The molecule has 144 valence electrons. The Morgan fingerprint density at radius 3 is 2.82 bits per heavy atom. The van der Waals surface area contributed by atoms with Crippen molar-refractivity contribution in [2.45, 2.75) is 0 Å². The lowest BCUT2D eigenvalue weighted by molar-refractivity contribution is -0.115. The molecule has 0 radical (unpaired) electrons. The molecule has 1 N–H and O–H groups in total. The number of carbonyl (C=O) groups excluding carboxylic acids is 1. The first-order valence-corrected chi connectivity index (χ1v) is 10.6. The van der Waals surface area contributed by atoms with E-state index < -0.39 is 0 Å². The standard InChI is InChI=1S/C20H16Br2N2O3S/c1-3-7-27-18-15(22)8-12(9-16(18)26-2)10-17-19(25)24-20(28-17)23-14-6-4-5-13(21)11-14/h3-6,8-11H,1,7H2,2H3,(H,23,24,25)/b17-10-. The number of hydrogen-bond donors (Lipinski definition) is 1. The van der Waals surface area contributed by atoms with Crippen LogP contribution in [0.1, 0.15) is 5.56 Å². The molecule has 0 unspecified atom stereocenters. The number of rotatable bonds is 6. The number of methoxy groups -OCH3 is 1. The molecule has 2 aromatic rings. The highest BCUT2D eigenvalue weighted by molar-refractivity contribution is 9.10. The Balaban J connectivity index is 1.86. The van der Waals surface area contributed by atoms with Crippen LogP contribution in [-0.4, -0.2) is 24.8 Å². The number of benzene rings is 2. The number of nitrogens with one attached hydrogen (secondary N) is 1. The van der Waals surface area contributed by atoms with Gasteiger partial charge < -0.3 is 14.8 Å². The molecule has 1 saturated heterocycles. The molecule has 0 atom stereocenters. The van der Waals surface area contributed by atoms with Gasteiger partial charge in [-0.2, -0.15) is 0 Å². The molecule has 0 bridgehead atoms. The van der Waals surface area contributed by atoms with Crippen molar-refractivity contribution in [2.24, 2.45) is 4.99 Å². The molecule has 3 rings (SSSR count). The minimum atomic E-state index is -0.194. The van der Waals surface area contributed by atoms with Crippen LogP contribution in [0.15, 0.2) is 67.9 Å². The van der Waals surface area contributed by atoms with Crippen molar-refractivity contribution in [3.8, 4) is 11.5 Å². The second-order valence-corrected chi connectivity index (χ2v) is 8.40. The van der Waals surface area contributed by atoms with Gasteiger partial charge >= 0.3 is 0 Å². The van der Waals surface area contributed by atoms with E-state index in [1.54, 1.807) is 19.3 Å². The molecule has 0 spiro atoms. The lowest BCUT2D eigenvalue weighted by Crippen LogP contribution is -2.19. The third-order valence-corrected chi connectivity index (χ3v) is 5.58. The molecule has 1 aliphatic rings. The average molecular weight is 524 g/mol. The smallest absolute Gasteiger partial charge is 0.264 e. The van der Waals surface area contributed by atoms with Crippen molar-refractivity contribution >= 4 is 66.5 Å². The van der Waals surface area contributed by atoms with Gasteiger partial charge in [-0.1, -0.05) is 34.7 Å². The Morgan fingerprint density at radius 2 is 2.11 bits per heavy atom. The maximum absolute atomic E-state index is 12.3. The maximum atomic E-state index is 12.3. The highest BCUT2D eigenvalue weighted by Crippen LogP contribution is 2.38. The van der Waals surface area contributed by atoms with E-state index in [-0.39, 0.29) is 5.91 Å². The van der Waals surface area contributed by atoms with E-state index in [1.807, 2.05) is 36.4 Å². The van der Waals surface area contributed by atoms with E-state index in [1.165, 1.54) is 11.8 Å². The number of ether oxygens (including phenoxy) is 2. The summed E-state index contributed by atoms with van der Waals surface area (Å²) in [5, 5.41) is 3.32. The Labute approximate surface area is 184 Å². The molecular weight excluding hydrogens is 508 g/mol. The van der Waals surface area contributed by atoms with Crippen LogP contribution in [0.3, 0.4) is 0 Å². The van der Waals surface area contributed by atoms with Crippen molar-refractivity contribution in [2.75, 3.05) is 13.7 Å². The molecule has 8 heteroatoms. The van der Waals surface area contributed by atoms with Crippen LogP contribution < -0.4 is 14.8 Å². The Hall–Kier alpha value is -2.03. The van der Waals surface area contributed by atoms with Crippen LogP contribution in [0.5, 0.6) is 11.5 Å². The van der Waals surface area contributed by atoms with Crippen LogP contribution in [0.25, 0.3) is 6.08 Å². The number of amidine groups is 1. The number of amides is 1. The van der Waals surface area contributed by atoms with Crippen molar-refractivity contribution in [3.63, 3.8) is 0 Å². The molecule has 1 amide bonds. The minimum Gasteiger partial charge on any atom is -0.493 e. The van der Waals surface area contributed by atoms with Gasteiger partial charge in [0.2, 0.25) is 0 Å². The number of aliphatic imine (C=N–C) groups is 1. The topological polar surface area (TPSA) is 59.9 Å². The van der Waals surface area contributed by atoms with E-state index in [2.05, 4.69) is 48.7 Å². The van der Waals surface area contributed by atoms with Gasteiger partial charge in [0.15, 0.2) is 16.7 Å². The fourth-order valence-corrected chi connectivity index (χ4v) is 4.20. The first-order valence-electron chi connectivity index (χ1n) is 8.16. The van der Waals surface area contributed by atoms with E-state index in [9.17, 15) is 4.79 Å². The predicted molar refractivity (Wildman–Crippen MR) is 121 cm³/mol. The first kappa shape index (κ1) is 20.7. The first-order chi connectivity index (χ1) is 13.5. The summed E-state index contributed by atoms with van der Waals surface area (Å²) in [7, 11) is 1.57. The van der Waals surface area contributed by atoms with E-state index in [4.69, 9.17) is 9.47 Å². The molecule has 1 heterocycles. The average Bonchev–Trinajstić information content (AvgIpc) is 2.99. The number of hydrogen-bond acceptors (Lipinski definition) is 5. The van der Waals surface area contributed by atoms with Crippen LogP contribution >= 0.6 is 43.6 Å². The van der Waals surface area contributed by atoms with E-state index in [0.29, 0.717) is 28.2 Å². The van der Waals surface area contributed by atoms with Crippen LogP contribution in [0, 0.1) is 0 Å². The monoisotopic (exact) mass is 522 g/mol. The minimum absolute atomic E-state index is 0.194. The van der Waals surface area contributed by atoms with Crippen LogP contribution in [0.2, 0.25) is 0 Å². The van der Waals surface area contributed by atoms with E-state index in [0.717, 1.165) is 20.2 Å². The summed E-state index contributed by atoms with van der Waals surface area (Å²) in [4.78, 5) is 17.3. The number of halogens is 2. The van der Waals surface area contributed by atoms with Crippen molar-refractivity contribution < 1.29 is 14.3 Å². The Bertz CT molecular complexity index is 989. The van der Waals surface area contributed by atoms with E-state index >= 15 is 0 Å². The van der Waals surface area contributed by atoms with Crippen molar-refractivity contribution in [1.82, 2.24) is 5.32 Å². The molecule has 0 aliphatic carbocycles. The lowest BCUT2D eigenvalue weighted by atomic mass is 10.2. The summed E-state index contributed by atoms with van der Waals surface area (Å²) in [5.74, 6) is 0.959. The second kappa shape index (κ2) is 9.45. The van der Waals surface area contributed by atoms with Crippen LogP contribution in [-0.2, 0) is 4.79 Å². The normalized spacial score (nSPS) is 16.3. The van der Waals surface area contributed by atoms with Gasteiger partial charge in [-0.3, -0.25) is 4.79 Å². The second-order valence-electron chi connectivity index (χ2n) is 5.60. The molecule has 5 nitrogen and oxygen atoms in total. The molecular formula is C20H16Br2N2O3S. The lowest BCUT2D eigenvalue weighted by Gasteiger charge is -2.12. The summed E-state index contributed by atoms with van der Waals surface area (Å²) < 4.78 is 12.7. The van der Waals surface area contributed by atoms with Gasteiger partial charge in [-0.05, 0) is 69.7 Å². The van der Waals surface area contributed by atoms with Gasteiger partial charge in [0.1, 0.15) is 6.61 Å². The maximum Gasteiger partial charge on any atom is 0.264 e. The molecule has 0 saturated carbocycles. The Morgan fingerprint density at radius 1 is 1.29 bits per heavy atom. The highest BCUT2D eigenvalue weighted by Gasteiger charge is 2.24. The summed E-state index contributed by atoms with van der Waals surface area (Å²) >= 11 is 8.19. The largest absolute Gasteiger partial charge is 0.493 e. The van der Waals surface area contributed by atoms with Gasteiger partial charge in [0.05, 0.1) is 22.2 Å². The molecule has 0 aromatic heterocycles. The van der Waals surface area contributed by atoms with Crippen molar-refractivity contribution in [3.05, 3.63) is 68.5 Å². The number of thioether (sulfide) groups is 1. The quantitative estimate of drug-likeness (QED) is 0.391. The Kier molecular flexibility index (Phi) is 6.98. The third kappa shape index (κ3) is 5.06. The fraction of sp³-hybridized carbons (Fsp3) is 0.100. The summed E-state index contributed by atoms with van der Waals surface area (Å²) in [6.45, 7) is 4.01. The molecule has 1 aliphatic heterocycles. The zero-order valence-corrected chi connectivity index (χ0v) is 18.9. The molecule has 2 aromatic carbocycles. The summed E-state index contributed by atoms with van der Waals surface area (Å²) in [5.41, 5.74) is 1.56. The van der Waals surface area contributed by atoms with Crippen molar-refractivity contribution in [1.29, 1.82) is 0 Å². The zero-order valence-electron chi connectivity index (χ0n) is 14.9. The summed E-state index contributed by atoms with van der Waals surface area (Å²) in [6, 6.07) is 11.2. The fourth-order valence-electron chi connectivity index (χ4n) is 2.40. The van der Waals surface area contributed by atoms with Crippen LogP contribution in [0.4, 0.5) is 5.69 Å². The van der Waals surface area contributed by atoms with Gasteiger partial charge in [-0.15, -0.1) is 0 Å². The molecule has 1 fully saturated rings. The summed E-state index contributed by atoms with van der Waals surface area (Å²) in [6.07, 6.45) is 3.45. The third-order valence-electron chi connectivity index (χ3n) is 3.58. The highest BCUT2D eigenvalue weighted by atomic mass is 79.9. The van der Waals surface area contributed by atoms with Gasteiger partial charge in [0.25, 0.3) is 5.91 Å². The SMILES string of the molecule is C=CCOc1c(Br)cc(/C=C2\SC(=Nc3cccc(Br)c3)NC2=O)cc1OC. The predicted octanol–water partition coefficient (Wildman–Crippen LogP) is 5.68.